The van der Waals surface area contributed by atoms with Crippen molar-refractivity contribution in [3.63, 3.8) is 0 Å². The third-order valence-corrected chi connectivity index (χ3v) is 2.32. The molecule has 5 heteroatoms. The van der Waals surface area contributed by atoms with Crippen molar-refractivity contribution in [1.82, 2.24) is 9.55 Å². The van der Waals surface area contributed by atoms with Crippen molar-refractivity contribution < 1.29 is 9.90 Å². The molecule has 0 radical (unpaired) electrons. The van der Waals surface area contributed by atoms with Gasteiger partial charge in [-0.2, -0.15) is 0 Å². The van der Waals surface area contributed by atoms with E-state index in [4.69, 9.17) is 5.11 Å². The minimum absolute atomic E-state index is 0. The molecule has 94 valence electrons. The van der Waals surface area contributed by atoms with Gasteiger partial charge < -0.3 is 9.67 Å². The summed E-state index contributed by atoms with van der Waals surface area (Å²) in [6.07, 6.45) is 8.11. The van der Waals surface area contributed by atoms with Gasteiger partial charge in [0.2, 0.25) is 0 Å². The zero-order chi connectivity index (χ0) is 12.1. The first-order chi connectivity index (χ1) is 8.24. The molecule has 0 spiro atoms. The van der Waals surface area contributed by atoms with Crippen LogP contribution in [0.15, 0.2) is 49.1 Å². The van der Waals surface area contributed by atoms with Crippen molar-refractivity contribution in [2.24, 2.45) is 0 Å². The molecule has 0 fully saturated rings. The molecule has 0 saturated heterocycles. The van der Waals surface area contributed by atoms with Gasteiger partial charge in [-0.1, -0.05) is 24.3 Å². The Balaban J connectivity index is 0.00000162. The highest BCUT2D eigenvalue weighted by molar-refractivity contribution is 5.85. The van der Waals surface area contributed by atoms with E-state index in [1.165, 1.54) is 0 Å². The predicted molar refractivity (Wildman–Crippen MR) is 71.7 cm³/mol. The smallest absolute Gasteiger partial charge is 0.328 e. The van der Waals surface area contributed by atoms with Gasteiger partial charge in [-0.3, -0.25) is 0 Å². The predicted octanol–water partition coefficient (Wildman–Crippen LogP) is 2.45. The Morgan fingerprint density at radius 3 is 2.61 bits per heavy atom. The van der Waals surface area contributed by atoms with Gasteiger partial charge in [0.15, 0.2) is 0 Å². The van der Waals surface area contributed by atoms with Crippen molar-refractivity contribution in [2.75, 3.05) is 0 Å². The molecule has 0 atom stereocenters. The number of hydrogen-bond donors (Lipinski definition) is 1. The maximum Gasteiger partial charge on any atom is 0.328 e. The number of nitrogens with zero attached hydrogens (tertiary/aromatic N) is 2. The molecule has 0 aliphatic carbocycles. The first-order valence-corrected chi connectivity index (χ1v) is 5.20. The third kappa shape index (κ3) is 4.07. The van der Waals surface area contributed by atoms with Gasteiger partial charge >= 0.3 is 5.97 Å². The number of carboxylic acid groups (broad SMARTS) is 1. The maximum absolute atomic E-state index is 10.4. The van der Waals surface area contributed by atoms with Crippen LogP contribution in [0.2, 0.25) is 0 Å². The van der Waals surface area contributed by atoms with Gasteiger partial charge in [0.05, 0.1) is 6.33 Å². The lowest BCUT2D eigenvalue weighted by Gasteiger charge is -2.02. The Kier molecular flexibility index (Phi) is 5.14. The number of imidazole rings is 1. The fourth-order valence-corrected chi connectivity index (χ4v) is 1.49. The lowest BCUT2D eigenvalue weighted by molar-refractivity contribution is -0.131. The van der Waals surface area contributed by atoms with Gasteiger partial charge in [-0.25, -0.2) is 9.78 Å². The Labute approximate surface area is 111 Å². The van der Waals surface area contributed by atoms with E-state index in [1.807, 2.05) is 35.0 Å². The Bertz CT molecular complexity index is 518. The van der Waals surface area contributed by atoms with E-state index in [0.29, 0.717) is 0 Å². The Morgan fingerprint density at radius 1 is 1.33 bits per heavy atom. The summed E-state index contributed by atoms with van der Waals surface area (Å²) < 4.78 is 1.97. The first-order valence-electron chi connectivity index (χ1n) is 5.20. The van der Waals surface area contributed by atoms with E-state index >= 15 is 0 Å². The van der Waals surface area contributed by atoms with Crippen LogP contribution in [-0.4, -0.2) is 20.6 Å². The second-order valence-electron chi connectivity index (χ2n) is 3.65. The molecule has 0 unspecified atom stereocenters. The summed E-state index contributed by atoms with van der Waals surface area (Å²) in [5.41, 5.74) is 2.03. The zero-order valence-corrected chi connectivity index (χ0v) is 10.4. The Morgan fingerprint density at radius 2 is 2.06 bits per heavy atom. The van der Waals surface area contributed by atoms with Crippen molar-refractivity contribution in [2.45, 2.75) is 6.54 Å². The van der Waals surface area contributed by atoms with Gasteiger partial charge in [0.1, 0.15) is 0 Å². The zero-order valence-electron chi connectivity index (χ0n) is 9.56. The molecule has 0 aliphatic heterocycles. The summed E-state index contributed by atoms with van der Waals surface area (Å²) >= 11 is 0. The Hall–Kier alpha value is -2.07. The second kappa shape index (κ2) is 6.61. The van der Waals surface area contributed by atoms with Gasteiger partial charge in [0.25, 0.3) is 0 Å². The van der Waals surface area contributed by atoms with Crippen LogP contribution in [-0.2, 0) is 11.3 Å². The van der Waals surface area contributed by atoms with Crippen LogP contribution in [0.5, 0.6) is 0 Å². The van der Waals surface area contributed by atoms with E-state index in [1.54, 1.807) is 18.6 Å². The van der Waals surface area contributed by atoms with Crippen LogP contribution in [0.25, 0.3) is 6.08 Å². The standard InChI is InChI=1S/C13H12N2O2.ClH/c16-13(17)6-5-11-1-3-12(4-2-11)9-15-8-7-14-10-15;/h1-8,10H,9H2,(H,16,17);1H/b6-5-;. The van der Waals surface area contributed by atoms with E-state index in [2.05, 4.69) is 4.98 Å². The monoisotopic (exact) mass is 264 g/mol. The summed E-state index contributed by atoms with van der Waals surface area (Å²) in [4.78, 5) is 14.3. The highest BCUT2D eigenvalue weighted by atomic mass is 35.5. The minimum atomic E-state index is -0.938. The number of benzene rings is 1. The number of carbonyl (C=O) groups is 1. The topological polar surface area (TPSA) is 55.1 Å². The molecule has 0 bridgehead atoms. The molecular weight excluding hydrogens is 252 g/mol. The minimum Gasteiger partial charge on any atom is -0.478 e. The number of carboxylic acids is 1. The molecule has 1 heterocycles. The van der Waals surface area contributed by atoms with Crippen LogP contribution in [0.4, 0.5) is 0 Å². The van der Waals surface area contributed by atoms with Crippen LogP contribution in [0.1, 0.15) is 11.1 Å². The van der Waals surface area contributed by atoms with Gasteiger partial charge in [-0.15, -0.1) is 12.4 Å². The van der Waals surface area contributed by atoms with E-state index in [9.17, 15) is 4.79 Å². The largest absolute Gasteiger partial charge is 0.478 e. The quantitative estimate of drug-likeness (QED) is 0.863. The lowest BCUT2D eigenvalue weighted by Crippen LogP contribution is -1.95. The van der Waals surface area contributed by atoms with Gasteiger partial charge in [0, 0.05) is 25.0 Å². The lowest BCUT2D eigenvalue weighted by atomic mass is 10.1. The third-order valence-electron chi connectivity index (χ3n) is 2.32. The van der Waals surface area contributed by atoms with Gasteiger partial charge in [-0.05, 0) is 17.2 Å². The number of rotatable bonds is 4. The summed E-state index contributed by atoms with van der Waals surface area (Å²) in [5, 5.41) is 8.50. The number of hydrogen-bond acceptors (Lipinski definition) is 2. The number of aliphatic carboxylic acids is 1. The summed E-state index contributed by atoms with van der Waals surface area (Å²) in [6, 6.07) is 7.74. The molecule has 2 aromatic rings. The van der Waals surface area contributed by atoms with Crippen molar-refractivity contribution in [3.8, 4) is 0 Å². The summed E-state index contributed by atoms with van der Waals surface area (Å²) in [6.45, 7) is 0.767. The molecule has 18 heavy (non-hydrogen) atoms. The SMILES string of the molecule is Cl.O=C(O)/C=C\c1ccc(Cn2ccnc2)cc1. The molecule has 0 amide bonds. The van der Waals surface area contributed by atoms with Crippen LogP contribution >= 0.6 is 12.4 Å². The number of aromatic nitrogens is 2. The maximum atomic E-state index is 10.4. The van der Waals surface area contributed by atoms with Crippen molar-refractivity contribution in [1.29, 1.82) is 0 Å². The number of halogens is 1. The summed E-state index contributed by atoms with van der Waals surface area (Å²) in [7, 11) is 0. The molecule has 0 saturated carbocycles. The summed E-state index contributed by atoms with van der Waals surface area (Å²) in [5.74, 6) is -0.938. The van der Waals surface area contributed by atoms with Crippen molar-refractivity contribution in [3.05, 3.63) is 60.2 Å². The average molecular weight is 265 g/mol. The molecule has 4 nitrogen and oxygen atoms in total. The van der Waals surface area contributed by atoms with Crippen LogP contribution in [0.3, 0.4) is 0 Å². The molecule has 1 N–H and O–H groups in total. The van der Waals surface area contributed by atoms with E-state index in [0.717, 1.165) is 23.7 Å². The second-order valence-corrected chi connectivity index (χ2v) is 3.65. The normalized spacial score (nSPS) is 10.2. The highest BCUT2D eigenvalue weighted by Gasteiger charge is 1.95. The molecular formula is C13H13ClN2O2. The highest BCUT2D eigenvalue weighted by Crippen LogP contribution is 2.07. The molecule has 2 rings (SSSR count). The average Bonchev–Trinajstić information content (AvgIpc) is 2.81. The molecule has 0 aliphatic rings. The van der Waals surface area contributed by atoms with E-state index < -0.39 is 5.97 Å². The van der Waals surface area contributed by atoms with Crippen LogP contribution < -0.4 is 0 Å². The molecule has 1 aromatic heterocycles. The fraction of sp³-hybridized carbons (Fsp3) is 0.0769. The van der Waals surface area contributed by atoms with Crippen LogP contribution in [0, 0.1) is 0 Å². The molecule has 1 aromatic carbocycles. The fourth-order valence-electron chi connectivity index (χ4n) is 1.49. The van der Waals surface area contributed by atoms with E-state index in [-0.39, 0.29) is 12.4 Å². The first kappa shape index (κ1) is 14.0. The van der Waals surface area contributed by atoms with Crippen molar-refractivity contribution >= 4 is 24.5 Å².